The fourth-order valence-electron chi connectivity index (χ4n) is 10.2. The minimum Gasteiger partial charge on any atom is -0.462 e. The molecular weight excluding hydrogens is 949 g/mol. The monoisotopic (exact) mass is 1080 g/mol. The molecule has 0 aromatic rings. The van der Waals surface area contributed by atoms with Crippen LogP contribution in [0.1, 0.15) is 367 Å². The lowest BCUT2D eigenvalue weighted by Gasteiger charge is -2.18. The van der Waals surface area contributed by atoms with E-state index >= 15 is 0 Å². The molecule has 0 rings (SSSR count). The fraction of sp³-hybridized carbons (Fsp3) is 0.845. The minimum atomic E-state index is -0.778. The quantitative estimate of drug-likeness (QED) is 0.0261. The van der Waals surface area contributed by atoms with Crippen LogP contribution in [0.3, 0.4) is 0 Å². The highest BCUT2D eigenvalue weighted by atomic mass is 16.6. The first-order chi connectivity index (χ1) is 38.0. The lowest BCUT2D eigenvalue weighted by molar-refractivity contribution is -0.167. The predicted molar refractivity (Wildman–Crippen MR) is 335 cm³/mol. The number of allylic oxidation sites excluding steroid dienone is 8. The second-order valence-electron chi connectivity index (χ2n) is 23.1. The molecule has 6 heteroatoms. The Morgan fingerprint density at radius 3 is 0.740 bits per heavy atom. The zero-order chi connectivity index (χ0) is 55.7. The molecule has 0 bridgehead atoms. The molecule has 1 unspecified atom stereocenters. The average Bonchev–Trinajstić information content (AvgIpc) is 3.43. The molecule has 0 aliphatic heterocycles. The molecule has 450 valence electrons. The lowest BCUT2D eigenvalue weighted by Crippen LogP contribution is -2.30. The third-order valence-electron chi connectivity index (χ3n) is 15.3. The van der Waals surface area contributed by atoms with Crippen LogP contribution < -0.4 is 0 Å². The molecule has 77 heavy (non-hydrogen) atoms. The van der Waals surface area contributed by atoms with E-state index in [0.717, 1.165) is 77.0 Å². The fourth-order valence-corrected chi connectivity index (χ4v) is 10.2. The molecule has 0 heterocycles. The van der Waals surface area contributed by atoms with Crippen LogP contribution in [-0.2, 0) is 28.6 Å². The molecule has 0 radical (unpaired) electrons. The van der Waals surface area contributed by atoms with Crippen LogP contribution in [0, 0.1) is 0 Å². The Hall–Kier alpha value is -2.63. The van der Waals surface area contributed by atoms with Gasteiger partial charge in [0.05, 0.1) is 0 Å². The van der Waals surface area contributed by atoms with E-state index in [4.69, 9.17) is 14.2 Å². The molecule has 0 aliphatic rings. The van der Waals surface area contributed by atoms with E-state index in [2.05, 4.69) is 69.4 Å². The molecule has 1 atom stereocenters. The van der Waals surface area contributed by atoms with Crippen LogP contribution in [-0.4, -0.2) is 37.2 Å². The van der Waals surface area contributed by atoms with Crippen molar-refractivity contribution in [3.05, 3.63) is 48.6 Å². The predicted octanol–water partition coefficient (Wildman–Crippen LogP) is 23.3. The molecule has 6 nitrogen and oxygen atoms in total. The van der Waals surface area contributed by atoms with Crippen LogP contribution in [0.5, 0.6) is 0 Å². The highest BCUT2D eigenvalue weighted by Crippen LogP contribution is 2.17. The Morgan fingerprint density at radius 1 is 0.260 bits per heavy atom. The third-order valence-corrected chi connectivity index (χ3v) is 15.3. The summed E-state index contributed by atoms with van der Waals surface area (Å²) in [7, 11) is 0. The number of esters is 3. The number of ether oxygens (including phenoxy) is 3. The van der Waals surface area contributed by atoms with Crippen molar-refractivity contribution in [1.82, 2.24) is 0 Å². The summed E-state index contributed by atoms with van der Waals surface area (Å²) in [5.41, 5.74) is 0. The van der Waals surface area contributed by atoms with Crippen molar-refractivity contribution in [3.63, 3.8) is 0 Å². The number of rotatable bonds is 63. The SMILES string of the molecule is CCCCCCC/C=C\C/C=C\C/C=C\CCCCCCCCCCC(=O)OCC(COC(=O)CCCCCCCCCCCCCCCCCCCC)OC(=O)CCCCCCCCC/C=C\CCCCCCCCC. The van der Waals surface area contributed by atoms with Gasteiger partial charge in [0.1, 0.15) is 13.2 Å². The summed E-state index contributed by atoms with van der Waals surface area (Å²) in [4.78, 5) is 38.4. The largest absolute Gasteiger partial charge is 0.462 e. The van der Waals surface area contributed by atoms with Crippen molar-refractivity contribution in [2.75, 3.05) is 13.2 Å². The van der Waals surface area contributed by atoms with Gasteiger partial charge in [0.2, 0.25) is 0 Å². The van der Waals surface area contributed by atoms with Crippen molar-refractivity contribution in [2.45, 2.75) is 374 Å². The van der Waals surface area contributed by atoms with E-state index in [9.17, 15) is 14.4 Å². The highest BCUT2D eigenvalue weighted by molar-refractivity contribution is 5.71. The summed E-state index contributed by atoms with van der Waals surface area (Å²) < 4.78 is 17.0. The van der Waals surface area contributed by atoms with Crippen molar-refractivity contribution in [1.29, 1.82) is 0 Å². The van der Waals surface area contributed by atoms with E-state index in [0.29, 0.717) is 19.3 Å². The van der Waals surface area contributed by atoms with Gasteiger partial charge in [-0.1, -0.05) is 313 Å². The van der Waals surface area contributed by atoms with Crippen molar-refractivity contribution < 1.29 is 28.6 Å². The summed E-state index contributed by atoms with van der Waals surface area (Å²) in [6.45, 7) is 6.68. The van der Waals surface area contributed by atoms with Gasteiger partial charge in [-0.05, 0) is 83.5 Å². The molecule has 0 aliphatic carbocycles. The number of hydrogen-bond donors (Lipinski definition) is 0. The number of hydrogen-bond acceptors (Lipinski definition) is 6. The Bertz CT molecular complexity index is 1330. The van der Waals surface area contributed by atoms with E-state index in [1.54, 1.807) is 0 Å². The maximum absolute atomic E-state index is 12.9. The molecule has 0 aromatic heterocycles. The van der Waals surface area contributed by atoms with Gasteiger partial charge in [-0.25, -0.2) is 0 Å². The molecule has 0 saturated carbocycles. The maximum Gasteiger partial charge on any atom is 0.306 e. The van der Waals surface area contributed by atoms with E-state index in [-0.39, 0.29) is 31.1 Å². The second kappa shape index (κ2) is 65.9. The van der Waals surface area contributed by atoms with Gasteiger partial charge in [0.25, 0.3) is 0 Å². The van der Waals surface area contributed by atoms with Gasteiger partial charge >= 0.3 is 17.9 Å². The highest BCUT2D eigenvalue weighted by Gasteiger charge is 2.19. The van der Waals surface area contributed by atoms with Crippen LogP contribution in [0.4, 0.5) is 0 Å². The van der Waals surface area contributed by atoms with Crippen LogP contribution in [0.15, 0.2) is 48.6 Å². The second-order valence-corrected chi connectivity index (χ2v) is 23.1. The topological polar surface area (TPSA) is 78.9 Å². The van der Waals surface area contributed by atoms with E-state index in [1.807, 2.05) is 0 Å². The standard InChI is InChI=1S/C71H130O6/c1-4-7-10-13-16-19-22-25-28-31-34-35-36-37-38-41-43-46-49-52-55-58-61-64-70(73)76-67-68(77-71(74)65-62-59-56-53-50-47-44-40-33-30-27-24-21-18-15-12-9-6-3)66-75-69(72)63-60-57-54-51-48-45-42-39-32-29-26-23-20-17-14-11-8-5-2/h22,25,30-31,33-34,36-37,68H,4-21,23-24,26-29,32,35,38-67H2,1-3H3/b25-22-,33-30-,34-31-,37-36-. The Morgan fingerprint density at radius 2 is 0.468 bits per heavy atom. The molecule has 0 amide bonds. The molecule has 0 fully saturated rings. The Kier molecular flexibility index (Phi) is 63.6. The zero-order valence-corrected chi connectivity index (χ0v) is 51.7. The van der Waals surface area contributed by atoms with Crippen molar-refractivity contribution in [3.8, 4) is 0 Å². The van der Waals surface area contributed by atoms with Crippen LogP contribution in [0.2, 0.25) is 0 Å². The Balaban J connectivity index is 4.34. The molecular formula is C71H130O6. The van der Waals surface area contributed by atoms with Crippen LogP contribution >= 0.6 is 0 Å². The van der Waals surface area contributed by atoms with Gasteiger partial charge in [-0.15, -0.1) is 0 Å². The first kappa shape index (κ1) is 74.4. The average molecular weight is 1080 g/mol. The van der Waals surface area contributed by atoms with Crippen LogP contribution in [0.25, 0.3) is 0 Å². The minimum absolute atomic E-state index is 0.0731. The first-order valence-electron chi connectivity index (χ1n) is 34.1. The van der Waals surface area contributed by atoms with Gasteiger partial charge < -0.3 is 14.2 Å². The van der Waals surface area contributed by atoms with Gasteiger partial charge in [-0.3, -0.25) is 14.4 Å². The third kappa shape index (κ3) is 64.1. The van der Waals surface area contributed by atoms with Gasteiger partial charge in [0, 0.05) is 19.3 Å². The number of carbonyl (C=O) groups excluding carboxylic acids is 3. The summed E-state index contributed by atoms with van der Waals surface area (Å²) in [5, 5.41) is 0. The number of unbranched alkanes of at least 4 members (excludes halogenated alkanes) is 44. The van der Waals surface area contributed by atoms with E-state index < -0.39 is 6.10 Å². The van der Waals surface area contributed by atoms with Gasteiger partial charge in [0.15, 0.2) is 6.10 Å². The number of carbonyl (C=O) groups is 3. The normalized spacial score (nSPS) is 12.3. The van der Waals surface area contributed by atoms with E-state index in [1.165, 1.54) is 250 Å². The van der Waals surface area contributed by atoms with Crippen molar-refractivity contribution >= 4 is 17.9 Å². The summed E-state index contributed by atoms with van der Waals surface area (Å²) in [6.07, 6.45) is 82.6. The zero-order valence-electron chi connectivity index (χ0n) is 51.7. The summed E-state index contributed by atoms with van der Waals surface area (Å²) >= 11 is 0. The first-order valence-corrected chi connectivity index (χ1v) is 34.1. The maximum atomic E-state index is 12.9. The smallest absolute Gasteiger partial charge is 0.306 e. The molecule has 0 saturated heterocycles. The summed E-state index contributed by atoms with van der Waals surface area (Å²) in [5.74, 6) is -0.860. The van der Waals surface area contributed by atoms with Crippen molar-refractivity contribution in [2.24, 2.45) is 0 Å². The summed E-state index contributed by atoms with van der Waals surface area (Å²) in [6, 6.07) is 0. The lowest BCUT2D eigenvalue weighted by atomic mass is 10.0. The molecule has 0 N–H and O–H groups in total. The Labute approximate surface area is 479 Å². The molecule has 0 aromatic carbocycles. The van der Waals surface area contributed by atoms with Gasteiger partial charge in [-0.2, -0.15) is 0 Å². The molecule has 0 spiro atoms.